The van der Waals surface area contributed by atoms with Crippen molar-refractivity contribution in [1.29, 1.82) is 0 Å². The first-order chi connectivity index (χ1) is 50.6. The molecule has 3 rings (SSSR count). The lowest BCUT2D eigenvalue weighted by atomic mass is 9.98. The lowest BCUT2D eigenvalue weighted by Crippen LogP contribution is -2.31. The zero-order valence-electron chi connectivity index (χ0n) is 69.2. The third-order valence-corrected chi connectivity index (χ3v) is 21.5. The lowest BCUT2D eigenvalue weighted by molar-refractivity contribution is 0.249. The highest BCUT2D eigenvalue weighted by Gasteiger charge is 2.19. The van der Waals surface area contributed by atoms with Crippen LogP contribution in [-0.2, 0) is 38.9 Å². The van der Waals surface area contributed by atoms with Crippen LogP contribution in [0.15, 0.2) is 51.4 Å². The number of unbranched alkanes of at least 4 members (excludes halogenated alkanes) is 36. The van der Waals surface area contributed by atoms with Crippen LogP contribution in [0.4, 0.5) is 0 Å². The van der Waals surface area contributed by atoms with Crippen LogP contribution in [0.1, 0.15) is 401 Å². The van der Waals surface area contributed by atoms with Crippen LogP contribution >= 0.6 is 0 Å². The Labute approximate surface area is 637 Å². The summed E-state index contributed by atoms with van der Waals surface area (Å²) in [6.07, 6.45) is 65.5. The molecule has 0 saturated heterocycles. The van der Waals surface area contributed by atoms with Gasteiger partial charge in [-0.05, 0) is 151 Å². The van der Waals surface area contributed by atoms with Crippen LogP contribution in [0.25, 0.3) is 0 Å². The molecule has 590 valence electrons. The van der Waals surface area contributed by atoms with Crippen molar-refractivity contribution in [3.8, 4) is 17.2 Å². The highest BCUT2D eigenvalue weighted by molar-refractivity contribution is 5.86. The largest absolute Gasteiger partial charge is 0.507 e. The molecule has 0 unspecified atom stereocenters. The highest BCUT2D eigenvalue weighted by atomic mass is 16.3. The Morgan fingerprint density at radius 3 is 0.641 bits per heavy atom. The van der Waals surface area contributed by atoms with Crippen molar-refractivity contribution in [3.05, 3.63) is 86.5 Å². The summed E-state index contributed by atoms with van der Waals surface area (Å²) in [6.45, 7) is 33.2. The molecule has 103 heavy (non-hydrogen) atoms. The minimum Gasteiger partial charge on any atom is -0.507 e. The van der Waals surface area contributed by atoms with Gasteiger partial charge in [-0.1, -0.05) is 312 Å². The number of benzene rings is 3. The fourth-order valence-electron chi connectivity index (χ4n) is 14.8. The number of aromatic hydroxyl groups is 3. The summed E-state index contributed by atoms with van der Waals surface area (Å²) in [4.78, 5) is 25.8. The zero-order valence-corrected chi connectivity index (χ0v) is 69.2. The maximum atomic E-state index is 12.2. The van der Waals surface area contributed by atoms with E-state index in [-0.39, 0.29) is 0 Å². The number of phenols is 3. The Bertz CT molecular complexity index is 2250. The molecule has 0 amide bonds. The zero-order chi connectivity index (χ0) is 74.3. The van der Waals surface area contributed by atoms with Crippen molar-refractivity contribution >= 4 is 18.6 Å². The second-order valence-electron chi connectivity index (χ2n) is 31.3. The maximum Gasteiger partial charge on any atom is 0.128 e. The molecular formula is C93H165N7O3. The quantitative estimate of drug-likeness (QED) is 0.0381. The molecule has 0 fully saturated rings. The Hall–Kier alpha value is -4.09. The number of hydrogen-bond donors (Lipinski definition) is 3. The topological polar surface area (TPSA) is 111 Å². The standard InChI is InChI=1S/C93H165N7O3/c1-10-19-28-37-40-43-46-55-82-70-85(91(101)88(73-82)79-98(61-49-31-22-13-4)62-50-32-23-14-5)76-94-58-67-97(68-59-95-77-86-71-83(56-47-44-41-38-29-20-11-2)74-89(92(86)102)80-99(63-51-33-24-15-6)64-52-34-25-16-7)69-60-96-78-87-72-84(57-48-45-42-39-30-21-12-3)75-90(93(87)103)81-100(65-53-35-26-17-8)66-54-36-27-18-9/h70-78,101-103H,10-69,79-81H2,1-9H3. The number of rotatable bonds is 72. The minimum atomic E-state index is 0.383. The summed E-state index contributed by atoms with van der Waals surface area (Å²) in [7, 11) is 0. The second-order valence-corrected chi connectivity index (χ2v) is 31.3. The molecule has 0 bridgehead atoms. The average molecular weight is 1430 g/mol. The molecular weight excluding hydrogens is 1260 g/mol. The van der Waals surface area contributed by atoms with Gasteiger partial charge in [0.15, 0.2) is 0 Å². The van der Waals surface area contributed by atoms with Gasteiger partial charge in [0.25, 0.3) is 0 Å². The van der Waals surface area contributed by atoms with Gasteiger partial charge >= 0.3 is 0 Å². The molecule has 0 atom stereocenters. The van der Waals surface area contributed by atoms with E-state index in [9.17, 15) is 15.3 Å². The third kappa shape index (κ3) is 46.0. The van der Waals surface area contributed by atoms with Crippen molar-refractivity contribution in [3.63, 3.8) is 0 Å². The molecule has 0 spiro atoms. The first-order valence-electron chi connectivity index (χ1n) is 44.5. The molecule has 0 saturated carbocycles. The van der Waals surface area contributed by atoms with E-state index >= 15 is 0 Å². The number of hydrogen-bond acceptors (Lipinski definition) is 10. The predicted octanol–water partition coefficient (Wildman–Crippen LogP) is 25.5. The number of nitrogens with zero attached hydrogens (tertiary/aromatic N) is 7. The fraction of sp³-hybridized carbons (Fsp3) is 0.774. The molecule has 3 aromatic rings. The van der Waals surface area contributed by atoms with E-state index in [2.05, 4.69) is 118 Å². The minimum absolute atomic E-state index is 0.383. The molecule has 10 nitrogen and oxygen atoms in total. The van der Waals surface area contributed by atoms with Gasteiger partial charge in [0.2, 0.25) is 0 Å². The van der Waals surface area contributed by atoms with Crippen LogP contribution < -0.4 is 0 Å². The van der Waals surface area contributed by atoms with Gasteiger partial charge in [0.05, 0.1) is 19.6 Å². The molecule has 3 aromatic carbocycles. The molecule has 10 heteroatoms. The Morgan fingerprint density at radius 2 is 0.427 bits per heavy atom. The van der Waals surface area contributed by atoms with Crippen molar-refractivity contribution in [2.24, 2.45) is 15.0 Å². The van der Waals surface area contributed by atoms with Crippen LogP contribution in [0.2, 0.25) is 0 Å². The summed E-state index contributed by atoms with van der Waals surface area (Å²) < 4.78 is 0. The van der Waals surface area contributed by atoms with Gasteiger partial charge < -0.3 is 15.3 Å². The molecule has 0 radical (unpaired) electrons. The molecule has 3 N–H and O–H groups in total. The van der Waals surface area contributed by atoms with E-state index in [0.29, 0.717) is 56.5 Å². The predicted molar refractivity (Wildman–Crippen MR) is 454 cm³/mol. The average Bonchev–Trinajstić information content (AvgIpc) is 0.859. The van der Waals surface area contributed by atoms with Crippen LogP contribution in [0.3, 0.4) is 0 Å². The molecule has 0 heterocycles. The third-order valence-electron chi connectivity index (χ3n) is 21.5. The number of aryl methyl sites for hydroxylation is 3. The monoisotopic (exact) mass is 1430 g/mol. The summed E-state index contributed by atoms with van der Waals surface area (Å²) in [5.41, 5.74) is 9.55. The first-order valence-corrected chi connectivity index (χ1v) is 44.5. The summed E-state index contributed by atoms with van der Waals surface area (Å²) in [6, 6.07) is 13.6. The van der Waals surface area contributed by atoms with Gasteiger partial charge in [-0.25, -0.2) is 0 Å². The van der Waals surface area contributed by atoms with Crippen molar-refractivity contribution < 1.29 is 15.3 Å². The molecule has 0 aromatic heterocycles. The van der Waals surface area contributed by atoms with Gasteiger partial charge in [-0.2, -0.15) is 0 Å². The van der Waals surface area contributed by atoms with Crippen molar-refractivity contribution in [2.45, 2.75) is 390 Å². The highest BCUT2D eigenvalue weighted by Crippen LogP contribution is 2.31. The van der Waals surface area contributed by atoms with Crippen LogP contribution in [0.5, 0.6) is 17.2 Å². The summed E-state index contributed by atoms with van der Waals surface area (Å²) >= 11 is 0. The van der Waals surface area contributed by atoms with E-state index in [1.807, 2.05) is 18.6 Å². The Kier molecular flexibility index (Phi) is 58.8. The number of aliphatic imine (C=N–C) groups is 3. The normalized spacial score (nSPS) is 12.2. The SMILES string of the molecule is CCCCCCCCCc1cc(C=NCCN(CCN=Cc2cc(CCCCCCCCC)cc(CN(CCCCCC)CCCCCC)c2O)CCN=Cc2cc(CCCCCCCCC)cc(CN(CCCCCC)CCCCCC)c2O)c(O)c(CN(CCCCCC)CCCCCC)c1. The maximum absolute atomic E-state index is 12.2. The Balaban J connectivity index is 2.09. The van der Waals surface area contributed by atoms with Gasteiger partial charge in [-0.3, -0.25) is 34.6 Å². The molecule has 0 aliphatic heterocycles. The van der Waals surface area contributed by atoms with E-state index in [1.165, 1.54) is 286 Å². The second kappa shape index (κ2) is 65.0. The Morgan fingerprint density at radius 1 is 0.233 bits per heavy atom. The van der Waals surface area contributed by atoms with Crippen molar-refractivity contribution in [2.75, 3.05) is 78.5 Å². The van der Waals surface area contributed by atoms with Crippen LogP contribution in [0, 0.1) is 0 Å². The molecule has 0 aliphatic carbocycles. The van der Waals surface area contributed by atoms with E-state index in [4.69, 9.17) is 15.0 Å². The molecule has 0 aliphatic rings. The van der Waals surface area contributed by atoms with E-state index in [1.54, 1.807) is 0 Å². The van der Waals surface area contributed by atoms with E-state index in [0.717, 1.165) is 131 Å². The smallest absolute Gasteiger partial charge is 0.128 e. The fourth-order valence-corrected chi connectivity index (χ4v) is 14.8. The van der Waals surface area contributed by atoms with E-state index < -0.39 is 0 Å². The van der Waals surface area contributed by atoms with Gasteiger partial charge in [0.1, 0.15) is 17.2 Å². The van der Waals surface area contributed by atoms with Crippen LogP contribution in [-0.4, -0.2) is 132 Å². The van der Waals surface area contributed by atoms with Gasteiger partial charge in [0, 0.05) is 91.3 Å². The number of phenolic OH excluding ortho intramolecular Hbond substituents is 3. The summed E-state index contributed by atoms with van der Waals surface area (Å²) in [5.74, 6) is 1.15. The summed E-state index contributed by atoms with van der Waals surface area (Å²) in [5, 5.41) is 36.7. The van der Waals surface area contributed by atoms with Crippen molar-refractivity contribution in [1.82, 2.24) is 19.6 Å². The first kappa shape index (κ1) is 93.1. The van der Waals surface area contributed by atoms with Gasteiger partial charge in [-0.15, -0.1) is 0 Å². The lowest BCUT2D eigenvalue weighted by Gasteiger charge is -2.24.